The number of hydrogen-bond donors (Lipinski definition) is 2. The number of allylic oxidation sites excluding steroid dienone is 1. The summed E-state index contributed by atoms with van der Waals surface area (Å²) in [5, 5.41) is 20.1. The van der Waals surface area contributed by atoms with Gasteiger partial charge in [-0.2, -0.15) is 0 Å². The predicted octanol–water partition coefficient (Wildman–Crippen LogP) is 3.79. The van der Waals surface area contributed by atoms with Gasteiger partial charge in [0.25, 0.3) is 0 Å². The van der Waals surface area contributed by atoms with E-state index >= 15 is 0 Å². The summed E-state index contributed by atoms with van der Waals surface area (Å²) in [6, 6.07) is 5.39. The van der Waals surface area contributed by atoms with Crippen LogP contribution in [-0.4, -0.2) is 23.9 Å². The van der Waals surface area contributed by atoms with Gasteiger partial charge in [0.2, 0.25) is 0 Å². The number of phenolic OH excluding ortho intramolecular Hbond substituents is 1. The van der Waals surface area contributed by atoms with Crippen molar-refractivity contribution in [3.05, 3.63) is 35.4 Å². The van der Waals surface area contributed by atoms with Crippen molar-refractivity contribution in [1.29, 1.82) is 0 Å². The highest BCUT2D eigenvalue weighted by molar-refractivity contribution is 5.45. The number of aromatic hydroxyl groups is 1. The van der Waals surface area contributed by atoms with E-state index in [0.29, 0.717) is 5.75 Å². The van der Waals surface area contributed by atoms with Gasteiger partial charge in [0, 0.05) is 16.4 Å². The first-order valence-corrected chi connectivity index (χ1v) is 7.55. The maximum absolute atomic E-state index is 10.3. The molecule has 1 aliphatic rings. The largest absolute Gasteiger partial charge is 0.508 e. The number of rotatable bonds is 4. The summed E-state index contributed by atoms with van der Waals surface area (Å²) in [7, 11) is 1.63. The quantitative estimate of drug-likeness (QED) is 0.830. The molecular formula is C18H26O3. The summed E-state index contributed by atoms with van der Waals surface area (Å²) in [4.78, 5) is 0. The molecule has 0 saturated heterocycles. The van der Waals surface area contributed by atoms with E-state index in [9.17, 15) is 10.2 Å². The Labute approximate surface area is 127 Å². The molecule has 2 N–H and O–H groups in total. The Morgan fingerprint density at radius 3 is 2.57 bits per heavy atom. The van der Waals surface area contributed by atoms with Gasteiger partial charge in [0.1, 0.15) is 11.5 Å². The first kappa shape index (κ1) is 15.9. The summed E-state index contributed by atoms with van der Waals surface area (Å²) in [5.74, 6) is 1.05. The van der Waals surface area contributed by atoms with E-state index in [1.807, 2.05) is 6.07 Å². The van der Waals surface area contributed by atoms with Crippen molar-refractivity contribution in [1.82, 2.24) is 0 Å². The van der Waals surface area contributed by atoms with Crippen LogP contribution in [0.25, 0.3) is 0 Å². The molecule has 0 radical (unpaired) electrons. The lowest BCUT2D eigenvalue weighted by molar-refractivity contribution is 0.135. The molecule has 21 heavy (non-hydrogen) atoms. The zero-order valence-electron chi connectivity index (χ0n) is 13.4. The number of methoxy groups -OCH3 is 1. The van der Waals surface area contributed by atoms with E-state index in [2.05, 4.69) is 26.8 Å². The Kier molecular flexibility index (Phi) is 4.33. The Bertz CT molecular complexity index is 549. The SMILES string of the molecule is CCC1=CC(C)(CO)CC(C)(c2cc(OC)ccc2O)C1. The van der Waals surface area contributed by atoms with Crippen LogP contribution in [0.4, 0.5) is 0 Å². The first-order valence-electron chi connectivity index (χ1n) is 7.55. The van der Waals surface area contributed by atoms with Crippen LogP contribution in [0.2, 0.25) is 0 Å². The lowest BCUT2D eigenvalue weighted by Gasteiger charge is -2.43. The lowest BCUT2D eigenvalue weighted by atomic mass is 9.62. The number of hydrogen-bond acceptors (Lipinski definition) is 3. The molecular weight excluding hydrogens is 264 g/mol. The van der Waals surface area contributed by atoms with Crippen molar-refractivity contribution in [3.63, 3.8) is 0 Å². The van der Waals surface area contributed by atoms with E-state index in [-0.39, 0.29) is 17.4 Å². The minimum atomic E-state index is -0.242. The van der Waals surface area contributed by atoms with Crippen molar-refractivity contribution in [3.8, 4) is 11.5 Å². The zero-order valence-corrected chi connectivity index (χ0v) is 13.4. The van der Waals surface area contributed by atoms with Crippen LogP contribution >= 0.6 is 0 Å². The third-order valence-electron chi connectivity index (χ3n) is 4.63. The van der Waals surface area contributed by atoms with Crippen LogP contribution in [-0.2, 0) is 5.41 Å². The second-order valence-corrected chi connectivity index (χ2v) is 6.77. The minimum Gasteiger partial charge on any atom is -0.508 e. The fourth-order valence-corrected chi connectivity index (χ4v) is 3.69. The Hall–Kier alpha value is -1.48. The van der Waals surface area contributed by atoms with Crippen molar-refractivity contribution in [2.24, 2.45) is 5.41 Å². The van der Waals surface area contributed by atoms with Gasteiger partial charge in [-0.25, -0.2) is 0 Å². The van der Waals surface area contributed by atoms with Crippen LogP contribution in [0.1, 0.15) is 45.6 Å². The number of phenols is 1. The second-order valence-electron chi connectivity index (χ2n) is 6.77. The van der Waals surface area contributed by atoms with Gasteiger partial charge >= 0.3 is 0 Å². The molecule has 116 valence electrons. The number of aliphatic hydroxyl groups excluding tert-OH is 1. The zero-order chi connectivity index (χ0) is 15.7. The van der Waals surface area contributed by atoms with Crippen molar-refractivity contribution in [2.45, 2.75) is 45.4 Å². The van der Waals surface area contributed by atoms with Gasteiger partial charge in [-0.05, 0) is 37.5 Å². The molecule has 0 fully saturated rings. The molecule has 0 aromatic heterocycles. The van der Waals surface area contributed by atoms with Crippen LogP contribution in [0.3, 0.4) is 0 Å². The van der Waals surface area contributed by atoms with Gasteiger partial charge in [0.05, 0.1) is 13.7 Å². The Morgan fingerprint density at radius 2 is 2.00 bits per heavy atom. The molecule has 0 aliphatic heterocycles. The molecule has 2 rings (SSSR count). The monoisotopic (exact) mass is 290 g/mol. The molecule has 0 bridgehead atoms. The van der Waals surface area contributed by atoms with Gasteiger partial charge in [-0.15, -0.1) is 0 Å². The topological polar surface area (TPSA) is 49.7 Å². The smallest absolute Gasteiger partial charge is 0.119 e. The van der Waals surface area contributed by atoms with Crippen LogP contribution in [0, 0.1) is 5.41 Å². The third-order valence-corrected chi connectivity index (χ3v) is 4.63. The van der Waals surface area contributed by atoms with Gasteiger partial charge < -0.3 is 14.9 Å². The summed E-state index contributed by atoms with van der Waals surface area (Å²) in [6.07, 6.45) is 4.89. The highest BCUT2D eigenvalue weighted by Gasteiger charge is 2.41. The summed E-state index contributed by atoms with van der Waals surface area (Å²) >= 11 is 0. The molecule has 0 saturated carbocycles. The molecule has 3 nitrogen and oxygen atoms in total. The summed E-state index contributed by atoms with van der Waals surface area (Å²) in [6.45, 7) is 6.51. The van der Waals surface area contributed by atoms with E-state index in [1.165, 1.54) is 5.57 Å². The molecule has 1 aromatic rings. The molecule has 0 heterocycles. The van der Waals surface area contributed by atoms with Gasteiger partial charge in [0.15, 0.2) is 0 Å². The second kappa shape index (κ2) is 5.72. The third kappa shape index (κ3) is 3.08. The summed E-state index contributed by atoms with van der Waals surface area (Å²) < 4.78 is 5.30. The molecule has 3 heteroatoms. The minimum absolute atomic E-state index is 0.122. The number of benzene rings is 1. The number of aliphatic hydroxyl groups is 1. The van der Waals surface area contributed by atoms with E-state index in [1.54, 1.807) is 19.2 Å². The van der Waals surface area contributed by atoms with Crippen molar-refractivity contribution < 1.29 is 14.9 Å². The standard InChI is InChI=1S/C18H26O3/c1-5-13-9-17(2,12-19)11-18(3,10-13)15-8-14(21-4)6-7-16(15)20/h6-9,19-20H,5,10-12H2,1-4H3. The van der Waals surface area contributed by atoms with Crippen LogP contribution in [0.15, 0.2) is 29.8 Å². The average molecular weight is 290 g/mol. The predicted molar refractivity (Wildman–Crippen MR) is 84.8 cm³/mol. The molecule has 2 unspecified atom stereocenters. The maximum Gasteiger partial charge on any atom is 0.119 e. The highest BCUT2D eigenvalue weighted by Crippen LogP contribution is 2.50. The fraction of sp³-hybridized carbons (Fsp3) is 0.556. The van der Waals surface area contributed by atoms with Gasteiger partial charge in [-0.3, -0.25) is 0 Å². The van der Waals surface area contributed by atoms with E-state index in [4.69, 9.17) is 4.74 Å². The Morgan fingerprint density at radius 1 is 1.29 bits per heavy atom. The molecule has 0 spiro atoms. The van der Waals surface area contributed by atoms with Crippen molar-refractivity contribution >= 4 is 0 Å². The maximum atomic E-state index is 10.3. The normalized spacial score (nSPS) is 29.1. The molecule has 1 aromatic carbocycles. The van der Waals surface area contributed by atoms with Gasteiger partial charge in [-0.1, -0.05) is 32.4 Å². The Balaban J connectivity index is 2.49. The van der Waals surface area contributed by atoms with Crippen LogP contribution < -0.4 is 4.74 Å². The first-order chi connectivity index (χ1) is 9.85. The average Bonchev–Trinajstić information content (AvgIpc) is 2.46. The molecule has 0 amide bonds. The van der Waals surface area contributed by atoms with E-state index < -0.39 is 0 Å². The summed E-state index contributed by atoms with van der Waals surface area (Å²) in [5.41, 5.74) is 1.80. The fourth-order valence-electron chi connectivity index (χ4n) is 3.69. The van der Waals surface area contributed by atoms with Crippen molar-refractivity contribution in [2.75, 3.05) is 13.7 Å². The lowest BCUT2D eigenvalue weighted by Crippen LogP contribution is -2.36. The molecule has 1 aliphatic carbocycles. The molecule has 2 atom stereocenters. The van der Waals surface area contributed by atoms with Crippen LogP contribution in [0.5, 0.6) is 11.5 Å². The number of ether oxygens (including phenoxy) is 1. The van der Waals surface area contributed by atoms with E-state index in [0.717, 1.165) is 30.6 Å². The highest BCUT2D eigenvalue weighted by atomic mass is 16.5.